The molecule has 3 rings (SSSR count). The Morgan fingerprint density at radius 2 is 1.84 bits per heavy atom. The van der Waals surface area contributed by atoms with Crippen LogP contribution in [0.2, 0.25) is 5.02 Å². The van der Waals surface area contributed by atoms with E-state index in [4.69, 9.17) is 26.1 Å². The van der Waals surface area contributed by atoms with Crippen LogP contribution in [0.5, 0.6) is 11.8 Å². The van der Waals surface area contributed by atoms with Gasteiger partial charge in [0.2, 0.25) is 0 Å². The van der Waals surface area contributed by atoms with E-state index in [1.54, 1.807) is 26.5 Å². The predicted octanol–water partition coefficient (Wildman–Crippen LogP) is 5.13. The molecule has 5 nitrogen and oxygen atoms in total. The highest BCUT2D eigenvalue weighted by molar-refractivity contribution is 6.33. The van der Waals surface area contributed by atoms with Gasteiger partial charge in [0.05, 0.1) is 19.2 Å². The van der Waals surface area contributed by atoms with Crippen LogP contribution in [0, 0.1) is 0 Å². The Labute approximate surface area is 152 Å². The Morgan fingerprint density at radius 3 is 2.44 bits per heavy atom. The standard InChI is InChI=1S/C19H22ClN3O2/c1-5-12(6-2)23-18-17(22-19(23)25-4)15(9-10-21-18)14-8-7-13(24-3)11-16(14)20/h7-12H,5-6H2,1-4H3. The monoisotopic (exact) mass is 359 g/mol. The van der Waals surface area contributed by atoms with Gasteiger partial charge in [0.1, 0.15) is 11.3 Å². The van der Waals surface area contributed by atoms with Crippen molar-refractivity contribution in [1.29, 1.82) is 0 Å². The van der Waals surface area contributed by atoms with Crippen molar-refractivity contribution >= 4 is 22.8 Å². The van der Waals surface area contributed by atoms with Crippen LogP contribution in [0.25, 0.3) is 22.3 Å². The molecule has 0 saturated carbocycles. The first kappa shape index (κ1) is 17.5. The Hall–Kier alpha value is -2.27. The van der Waals surface area contributed by atoms with E-state index in [-0.39, 0.29) is 6.04 Å². The van der Waals surface area contributed by atoms with Crippen molar-refractivity contribution in [3.63, 3.8) is 0 Å². The van der Waals surface area contributed by atoms with E-state index in [9.17, 15) is 0 Å². The molecule has 1 aromatic carbocycles. The zero-order valence-corrected chi connectivity index (χ0v) is 15.7. The average Bonchev–Trinajstić information content (AvgIpc) is 3.02. The summed E-state index contributed by atoms with van der Waals surface area (Å²) in [6.07, 6.45) is 3.75. The summed E-state index contributed by atoms with van der Waals surface area (Å²) in [7, 11) is 3.26. The Kier molecular flexibility index (Phi) is 5.13. The fourth-order valence-electron chi connectivity index (χ4n) is 3.16. The lowest BCUT2D eigenvalue weighted by Gasteiger charge is -2.17. The van der Waals surface area contributed by atoms with Gasteiger partial charge in [-0.3, -0.25) is 4.57 Å². The van der Waals surface area contributed by atoms with Crippen molar-refractivity contribution < 1.29 is 9.47 Å². The van der Waals surface area contributed by atoms with Gasteiger partial charge in [-0.1, -0.05) is 25.4 Å². The molecule has 25 heavy (non-hydrogen) atoms. The van der Waals surface area contributed by atoms with Crippen LogP contribution in [0.15, 0.2) is 30.5 Å². The number of nitrogens with zero attached hydrogens (tertiary/aromatic N) is 3. The van der Waals surface area contributed by atoms with Crippen LogP contribution in [0.3, 0.4) is 0 Å². The topological polar surface area (TPSA) is 49.2 Å². The normalized spacial score (nSPS) is 11.3. The van der Waals surface area contributed by atoms with E-state index in [0.29, 0.717) is 11.0 Å². The first-order valence-electron chi connectivity index (χ1n) is 8.39. The third kappa shape index (κ3) is 3.04. The second-order valence-corrected chi connectivity index (χ2v) is 6.22. The first-order chi connectivity index (χ1) is 12.1. The lowest BCUT2D eigenvalue weighted by molar-refractivity contribution is 0.332. The van der Waals surface area contributed by atoms with E-state index >= 15 is 0 Å². The Bertz CT molecular complexity index is 888. The molecule has 2 aromatic heterocycles. The van der Waals surface area contributed by atoms with Gasteiger partial charge < -0.3 is 9.47 Å². The van der Waals surface area contributed by atoms with Crippen molar-refractivity contribution in [3.8, 4) is 22.9 Å². The van der Waals surface area contributed by atoms with E-state index in [1.165, 1.54) is 0 Å². The van der Waals surface area contributed by atoms with Crippen LogP contribution >= 0.6 is 11.6 Å². The maximum Gasteiger partial charge on any atom is 0.298 e. The maximum atomic E-state index is 6.47. The number of imidazole rings is 1. The molecule has 132 valence electrons. The molecule has 0 radical (unpaired) electrons. The number of methoxy groups -OCH3 is 2. The number of fused-ring (bicyclic) bond motifs is 1. The van der Waals surface area contributed by atoms with Gasteiger partial charge in [0, 0.05) is 23.4 Å². The number of aromatic nitrogens is 3. The summed E-state index contributed by atoms with van der Waals surface area (Å²) in [6.45, 7) is 4.31. The van der Waals surface area contributed by atoms with E-state index < -0.39 is 0 Å². The summed E-state index contributed by atoms with van der Waals surface area (Å²) < 4.78 is 12.8. The molecule has 6 heteroatoms. The summed E-state index contributed by atoms with van der Waals surface area (Å²) in [5, 5.41) is 0.614. The van der Waals surface area contributed by atoms with Crippen molar-refractivity contribution in [3.05, 3.63) is 35.5 Å². The van der Waals surface area contributed by atoms with E-state index in [1.807, 2.05) is 18.2 Å². The van der Waals surface area contributed by atoms with Crippen LogP contribution in [-0.4, -0.2) is 28.8 Å². The molecule has 0 amide bonds. The summed E-state index contributed by atoms with van der Waals surface area (Å²) in [6, 6.07) is 8.43. The molecule has 0 unspecified atom stereocenters. The zero-order chi connectivity index (χ0) is 18.0. The number of ether oxygens (including phenoxy) is 2. The van der Waals surface area contributed by atoms with Crippen LogP contribution in [0.4, 0.5) is 0 Å². The van der Waals surface area contributed by atoms with Crippen molar-refractivity contribution in [2.75, 3.05) is 14.2 Å². The third-order valence-electron chi connectivity index (χ3n) is 4.50. The minimum absolute atomic E-state index is 0.286. The van der Waals surface area contributed by atoms with Gasteiger partial charge in [-0.25, -0.2) is 4.98 Å². The predicted molar refractivity (Wildman–Crippen MR) is 101 cm³/mol. The SMILES string of the molecule is CCC(CC)n1c(OC)nc2c(-c3ccc(OC)cc3Cl)ccnc21. The fraction of sp³-hybridized carbons (Fsp3) is 0.368. The molecule has 0 aliphatic carbocycles. The summed E-state index contributed by atoms with van der Waals surface area (Å²) in [5.41, 5.74) is 3.43. The minimum Gasteiger partial charge on any atom is -0.497 e. The average molecular weight is 360 g/mol. The molecule has 0 aliphatic heterocycles. The second kappa shape index (κ2) is 7.31. The number of hydrogen-bond acceptors (Lipinski definition) is 4. The quantitative estimate of drug-likeness (QED) is 0.612. The van der Waals surface area contributed by atoms with Gasteiger partial charge >= 0.3 is 0 Å². The minimum atomic E-state index is 0.286. The molecular weight excluding hydrogens is 338 g/mol. The Morgan fingerprint density at radius 1 is 1.08 bits per heavy atom. The lowest BCUT2D eigenvalue weighted by atomic mass is 10.1. The Balaban J connectivity index is 2.25. The number of pyridine rings is 1. The highest BCUT2D eigenvalue weighted by atomic mass is 35.5. The van der Waals surface area contributed by atoms with Gasteiger partial charge in [0.25, 0.3) is 6.01 Å². The highest BCUT2D eigenvalue weighted by Gasteiger charge is 2.21. The lowest BCUT2D eigenvalue weighted by Crippen LogP contribution is -2.09. The summed E-state index contributed by atoms with van der Waals surface area (Å²) in [5.74, 6) is 0.721. The van der Waals surface area contributed by atoms with Gasteiger partial charge in [-0.2, -0.15) is 4.98 Å². The molecule has 0 saturated heterocycles. The number of rotatable bonds is 6. The number of hydrogen-bond donors (Lipinski definition) is 0. The second-order valence-electron chi connectivity index (χ2n) is 5.82. The fourth-order valence-corrected chi connectivity index (χ4v) is 3.43. The first-order valence-corrected chi connectivity index (χ1v) is 8.77. The van der Waals surface area contributed by atoms with Crippen molar-refractivity contribution in [1.82, 2.24) is 14.5 Å². The molecule has 0 spiro atoms. The number of halogens is 1. The summed E-state index contributed by atoms with van der Waals surface area (Å²) in [4.78, 5) is 9.27. The largest absolute Gasteiger partial charge is 0.497 e. The van der Waals surface area contributed by atoms with Crippen LogP contribution in [-0.2, 0) is 0 Å². The molecule has 0 aliphatic rings. The van der Waals surface area contributed by atoms with Crippen molar-refractivity contribution in [2.24, 2.45) is 0 Å². The molecule has 2 heterocycles. The molecule has 3 aromatic rings. The van der Waals surface area contributed by atoms with E-state index in [0.717, 1.165) is 40.9 Å². The van der Waals surface area contributed by atoms with E-state index in [2.05, 4.69) is 23.4 Å². The number of benzene rings is 1. The zero-order valence-electron chi connectivity index (χ0n) is 14.9. The smallest absolute Gasteiger partial charge is 0.298 e. The molecule has 0 atom stereocenters. The molecule has 0 fully saturated rings. The van der Waals surface area contributed by atoms with Gasteiger partial charge in [-0.15, -0.1) is 0 Å². The van der Waals surface area contributed by atoms with Crippen LogP contribution < -0.4 is 9.47 Å². The van der Waals surface area contributed by atoms with Crippen molar-refractivity contribution in [2.45, 2.75) is 32.7 Å². The molecule has 0 bridgehead atoms. The maximum absolute atomic E-state index is 6.47. The summed E-state index contributed by atoms with van der Waals surface area (Å²) >= 11 is 6.47. The third-order valence-corrected chi connectivity index (χ3v) is 4.82. The molecular formula is C19H22ClN3O2. The molecule has 0 N–H and O–H groups in total. The van der Waals surface area contributed by atoms with Crippen LogP contribution in [0.1, 0.15) is 32.7 Å². The van der Waals surface area contributed by atoms with Gasteiger partial charge in [-0.05, 0) is 37.1 Å². The van der Waals surface area contributed by atoms with Gasteiger partial charge in [0.15, 0.2) is 5.65 Å². The highest BCUT2D eigenvalue weighted by Crippen LogP contribution is 2.37.